The minimum atomic E-state index is -0.0137. The molecule has 20 heavy (non-hydrogen) atoms. The van der Waals surface area contributed by atoms with E-state index in [-0.39, 0.29) is 5.56 Å². The number of rotatable bonds is 7. The molecule has 0 aliphatic carbocycles. The van der Waals surface area contributed by atoms with E-state index in [9.17, 15) is 4.79 Å². The van der Waals surface area contributed by atoms with Gasteiger partial charge in [0.25, 0.3) is 5.56 Å². The van der Waals surface area contributed by atoms with Gasteiger partial charge in [-0.05, 0) is 37.9 Å². The van der Waals surface area contributed by atoms with Crippen LogP contribution in [0.1, 0.15) is 33.1 Å². The SMILES string of the molecule is CCNC(CC)CCCn1c(=O)cnc2ccccc21. The topological polar surface area (TPSA) is 46.9 Å². The van der Waals surface area contributed by atoms with Crippen LogP contribution in [-0.2, 0) is 6.54 Å². The van der Waals surface area contributed by atoms with Gasteiger partial charge in [0.15, 0.2) is 0 Å². The summed E-state index contributed by atoms with van der Waals surface area (Å²) in [6.07, 6.45) is 4.64. The number of para-hydroxylation sites is 2. The van der Waals surface area contributed by atoms with Crippen molar-refractivity contribution >= 4 is 11.0 Å². The quantitative estimate of drug-likeness (QED) is 0.843. The fourth-order valence-corrected chi connectivity index (χ4v) is 2.58. The lowest BCUT2D eigenvalue weighted by molar-refractivity contribution is 0.449. The van der Waals surface area contributed by atoms with Crippen LogP contribution in [0.4, 0.5) is 0 Å². The van der Waals surface area contributed by atoms with E-state index in [1.807, 2.05) is 28.8 Å². The average Bonchev–Trinajstić information content (AvgIpc) is 2.48. The van der Waals surface area contributed by atoms with Crippen LogP contribution in [0, 0.1) is 0 Å². The Hall–Kier alpha value is -1.68. The monoisotopic (exact) mass is 273 g/mol. The summed E-state index contributed by atoms with van der Waals surface area (Å²) >= 11 is 0. The minimum Gasteiger partial charge on any atom is -0.314 e. The first-order chi connectivity index (χ1) is 9.76. The van der Waals surface area contributed by atoms with E-state index >= 15 is 0 Å². The van der Waals surface area contributed by atoms with Crippen molar-refractivity contribution in [2.75, 3.05) is 6.54 Å². The van der Waals surface area contributed by atoms with Crippen LogP contribution in [-0.4, -0.2) is 22.1 Å². The van der Waals surface area contributed by atoms with Gasteiger partial charge < -0.3 is 9.88 Å². The summed E-state index contributed by atoms with van der Waals surface area (Å²) in [6.45, 7) is 6.07. The number of benzene rings is 1. The van der Waals surface area contributed by atoms with Crippen molar-refractivity contribution in [1.82, 2.24) is 14.9 Å². The maximum absolute atomic E-state index is 12.0. The van der Waals surface area contributed by atoms with Gasteiger partial charge in [-0.3, -0.25) is 4.79 Å². The minimum absolute atomic E-state index is 0.0137. The molecule has 0 fully saturated rings. The fourth-order valence-electron chi connectivity index (χ4n) is 2.58. The molecule has 1 N–H and O–H groups in total. The normalized spacial score (nSPS) is 12.7. The van der Waals surface area contributed by atoms with E-state index in [4.69, 9.17) is 0 Å². The van der Waals surface area contributed by atoms with Crippen LogP contribution < -0.4 is 10.9 Å². The average molecular weight is 273 g/mol. The number of fused-ring (bicyclic) bond motifs is 1. The second kappa shape index (κ2) is 7.20. The number of hydrogen-bond acceptors (Lipinski definition) is 3. The van der Waals surface area contributed by atoms with Gasteiger partial charge in [0.1, 0.15) is 0 Å². The van der Waals surface area contributed by atoms with Crippen molar-refractivity contribution in [2.45, 2.75) is 45.7 Å². The van der Waals surface area contributed by atoms with Crippen LogP contribution in [0.15, 0.2) is 35.3 Å². The maximum atomic E-state index is 12.0. The Morgan fingerprint density at radius 1 is 1.30 bits per heavy atom. The lowest BCUT2D eigenvalue weighted by Crippen LogP contribution is -2.29. The molecule has 1 aromatic heterocycles. The molecule has 0 aliphatic heterocycles. The molecule has 1 aromatic carbocycles. The Morgan fingerprint density at radius 3 is 2.85 bits per heavy atom. The first-order valence-electron chi connectivity index (χ1n) is 7.44. The van der Waals surface area contributed by atoms with E-state index in [1.54, 1.807) is 0 Å². The van der Waals surface area contributed by atoms with Gasteiger partial charge in [0.2, 0.25) is 0 Å². The van der Waals surface area contributed by atoms with Crippen LogP contribution in [0.3, 0.4) is 0 Å². The molecule has 0 bridgehead atoms. The van der Waals surface area contributed by atoms with Crippen molar-refractivity contribution in [1.29, 1.82) is 0 Å². The van der Waals surface area contributed by atoms with Gasteiger partial charge in [-0.1, -0.05) is 26.0 Å². The molecule has 0 spiro atoms. The predicted octanol–water partition coefficient (Wildman–Crippen LogP) is 2.56. The van der Waals surface area contributed by atoms with Gasteiger partial charge >= 0.3 is 0 Å². The second-order valence-corrected chi connectivity index (χ2v) is 5.04. The first kappa shape index (κ1) is 14.7. The Labute approximate surface area is 119 Å². The zero-order valence-electron chi connectivity index (χ0n) is 12.3. The van der Waals surface area contributed by atoms with Gasteiger partial charge in [-0.2, -0.15) is 0 Å². The predicted molar refractivity (Wildman–Crippen MR) is 83.0 cm³/mol. The third-order valence-corrected chi connectivity index (χ3v) is 3.67. The highest BCUT2D eigenvalue weighted by Crippen LogP contribution is 2.10. The van der Waals surface area contributed by atoms with Crippen molar-refractivity contribution in [2.24, 2.45) is 0 Å². The molecule has 2 rings (SSSR count). The van der Waals surface area contributed by atoms with Gasteiger partial charge in [-0.25, -0.2) is 4.98 Å². The number of aromatic nitrogens is 2. The summed E-state index contributed by atoms with van der Waals surface area (Å²) in [6, 6.07) is 8.35. The van der Waals surface area contributed by atoms with Crippen LogP contribution in [0.25, 0.3) is 11.0 Å². The first-order valence-corrected chi connectivity index (χ1v) is 7.44. The van der Waals surface area contributed by atoms with Crippen LogP contribution in [0.2, 0.25) is 0 Å². The smallest absolute Gasteiger partial charge is 0.269 e. The zero-order valence-corrected chi connectivity index (χ0v) is 12.3. The van der Waals surface area contributed by atoms with Crippen molar-refractivity contribution in [3.8, 4) is 0 Å². The molecule has 4 nitrogen and oxygen atoms in total. The standard InChI is InChI=1S/C16H23N3O/c1-3-13(17-4-2)8-7-11-19-15-10-6-5-9-14(15)18-12-16(19)20/h5-6,9-10,12-13,17H,3-4,7-8,11H2,1-2H3. The maximum Gasteiger partial charge on any atom is 0.269 e. The molecule has 2 aromatic rings. The lowest BCUT2D eigenvalue weighted by atomic mass is 10.1. The van der Waals surface area contributed by atoms with E-state index in [1.165, 1.54) is 6.20 Å². The van der Waals surface area contributed by atoms with Crippen LogP contribution in [0.5, 0.6) is 0 Å². The molecular formula is C16H23N3O. The summed E-state index contributed by atoms with van der Waals surface area (Å²) in [7, 11) is 0. The molecule has 0 saturated carbocycles. The number of nitrogens with zero attached hydrogens (tertiary/aromatic N) is 2. The zero-order chi connectivity index (χ0) is 14.4. The van der Waals surface area contributed by atoms with E-state index in [0.717, 1.165) is 43.4 Å². The molecule has 1 unspecified atom stereocenters. The summed E-state index contributed by atoms with van der Waals surface area (Å²) in [5, 5.41) is 3.47. The lowest BCUT2D eigenvalue weighted by Gasteiger charge is -2.16. The van der Waals surface area contributed by atoms with Crippen molar-refractivity contribution in [3.05, 3.63) is 40.8 Å². The van der Waals surface area contributed by atoms with Gasteiger partial charge in [0.05, 0.1) is 17.2 Å². The Bertz CT molecular complexity index is 606. The Kier molecular flexibility index (Phi) is 5.30. The highest BCUT2D eigenvalue weighted by Gasteiger charge is 2.06. The molecular weight excluding hydrogens is 250 g/mol. The van der Waals surface area contributed by atoms with E-state index in [2.05, 4.69) is 24.1 Å². The Morgan fingerprint density at radius 2 is 2.10 bits per heavy atom. The molecule has 1 atom stereocenters. The summed E-state index contributed by atoms with van der Waals surface area (Å²) < 4.78 is 1.83. The van der Waals surface area contributed by atoms with Gasteiger partial charge in [0, 0.05) is 12.6 Å². The number of aryl methyl sites for hydroxylation is 1. The van der Waals surface area contributed by atoms with E-state index in [0.29, 0.717) is 6.04 Å². The molecule has 0 aliphatic rings. The molecule has 1 heterocycles. The highest BCUT2D eigenvalue weighted by atomic mass is 16.1. The summed E-state index contributed by atoms with van der Waals surface area (Å²) in [5.41, 5.74) is 1.79. The van der Waals surface area contributed by atoms with Crippen molar-refractivity contribution in [3.63, 3.8) is 0 Å². The van der Waals surface area contributed by atoms with Gasteiger partial charge in [-0.15, -0.1) is 0 Å². The fraction of sp³-hybridized carbons (Fsp3) is 0.500. The second-order valence-electron chi connectivity index (χ2n) is 5.04. The van der Waals surface area contributed by atoms with E-state index < -0.39 is 0 Å². The third kappa shape index (κ3) is 3.45. The molecule has 0 saturated heterocycles. The summed E-state index contributed by atoms with van der Waals surface area (Å²) in [5.74, 6) is 0. The summed E-state index contributed by atoms with van der Waals surface area (Å²) in [4.78, 5) is 16.2. The molecule has 108 valence electrons. The third-order valence-electron chi connectivity index (χ3n) is 3.67. The highest BCUT2D eigenvalue weighted by molar-refractivity contribution is 5.74. The number of nitrogens with one attached hydrogen (secondary N) is 1. The number of hydrogen-bond donors (Lipinski definition) is 1. The largest absolute Gasteiger partial charge is 0.314 e. The molecule has 0 radical (unpaired) electrons. The Balaban J connectivity index is 2.09. The van der Waals surface area contributed by atoms with Crippen molar-refractivity contribution < 1.29 is 0 Å². The molecule has 4 heteroatoms. The molecule has 0 amide bonds. The van der Waals surface area contributed by atoms with Crippen LogP contribution >= 0.6 is 0 Å².